The summed E-state index contributed by atoms with van der Waals surface area (Å²) in [5.41, 5.74) is -1.97. The van der Waals surface area contributed by atoms with Crippen molar-refractivity contribution in [3.63, 3.8) is 0 Å². The van der Waals surface area contributed by atoms with Gasteiger partial charge in [-0.3, -0.25) is 4.90 Å². The highest BCUT2D eigenvalue weighted by molar-refractivity contribution is 5.90. The number of carbonyl (C=O) groups is 2. The van der Waals surface area contributed by atoms with E-state index in [9.17, 15) is 14.7 Å². The summed E-state index contributed by atoms with van der Waals surface area (Å²) in [6, 6.07) is -0.0737. The Bertz CT molecular complexity index is 677. The molecule has 0 aromatic rings. The van der Waals surface area contributed by atoms with Crippen molar-refractivity contribution in [2.75, 3.05) is 26.3 Å². The highest BCUT2D eigenvalue weighted by Crippen LogP contribution is 2.48. The number of nitrogens with zero attached hydrogens (tertiary/aromatic N) is 1. The first-order chi connectivity index (χ1) is 11.8. The first-order valence-electron chi connectivity index (χ1n) is 8.64. The van der Waals surface area contributed by atoms with Gasteiger partial charge in [-0.05, 0) is 18.9 Å². The van der Waals surface area contributed by atoms with Crippen LogP contribution in [0.25, 0.3) is 0 Å². The van der Waals surface area contributed by atoms with Crippen molar-refractivity contribution in [2.24, 2.45) is 5.92 Å². The number of carbonyl (C=O) groups excluding carboxylic acids is 2. The molecule has 25 heavy (non-hydrogen) atoms. The lowest BCUT2D eigenvalue weighted by atomic mass is 9.76. The molecule has 1 N–H and O–H groups in total. The third-order valence-electron chi connectivity index (χ3n) is 6.20. The molecule has 0 amide bonds. The lowest BCUT2D eigenvalue weighted by Crippen LogP contribution is -2.55. The van der Waals surface area contributed by atoms with Gasteiger partial charge in [0.1, 0.15) is 18.3 Å². The third-order valence-corrected chi connectivity index (χ3v) is 6.20. The van der Waals surface area contributed by atoms with E-state index in [1.165, 1.54) is 6.92 Å². The van der Waals surface area contributed by atoms with Crippen molar-refractivity contribution in [1.29, 1.82) is 0 Å². The Hall–Kier alpha value is -1.70. The van der Waals surface area contributed by atoms with Crippen LogP contribution in [-0.2, 0) is 23.8 Å². The van der Waals surface area contributed by atoms with Gasteiger partial charge in [0.2, 0.25) is 0 Å². The summed E-state index contributed by atoms with van der Waals surface area (Å²) in [6.07, 6.45) is 2.46. The van der Waals surface area contributed by atoms with Crippen molar-refractivity contribution in [3.8, 4) is 0 Å². The molecule has 0 aromatic heterocycles. The maximum Gasteiger partial charge on any atom is 0.341 e. The zero-order valence-corrected chi connectivity index (χ0v) is 14.5. The van der Waals surface area contributed by atoms with Gasteiger partial charge < -0.3 is 19.3 Å². The van der Waals surface area contributed by atoms with Crippen LogP contribution in [0.3, 0.4) is 0 Å². The number of cyclic esters (lactones) is 1. The van der Waals surface area contributed by atoms with Crippen molar-refractivity contribution >= 4 is 11.9 Å². The molecule has 4 heterocycles. The van der Waals surface area contributed by atoms with Crippen LogP contribution in [0.1, 0.15) is 20.3 Å². The SMILES string of the molecule is C=C1C(=O)O[C@@H]2CCN3CC=C(COC(=O)[C@@](C)(O)[C@]4(CO4)[C@H]1C)[C@H]23. The number of aliphatic hydroxyl groups is 1. The van der Waals surface area contributed by atoms with Gasteiger partial charge in [0, 0.05) is 24.6 Å². The summed E-state index contributed by atoms with van der Waals surface area (Å²) in [5, 5.41) is 10.8. The number of rotatable bonds is 0. The molecule has 4 rings (SSSR count). The number of epoxide rings is 1. The van der Waals surface area contributed by atoms with Crippen LogP contribution in [0.15, 0.2) is 23.8 Å². The van der Waals surface area contributed by atoms with E-state index in [0.717, 1.165) is 25.1 Å². The van der Waals surface area contributed by atoms with E-state index < -0.39 is 29.1 Å². The smallest absolute Gasteiger partial charge is 0.341 e. The molecular weight excluding hydrogens is 326 g/mol. The Morgan fingerprint density at radius 3 is 2.80 bits per heavy atom. The average molecular weight is 349 g/mol. The van der Waals surface area contributed by atoms with E-state index in [1.807, 2.05) is 6.08 Å². The predicted molar refractivity (Wildman–Crippen MR) is 86.5 cm³/mol. The standard InChI is InChI=1S/C18H23NO6/c1-10-11(2)18(9-24-18)17(3,22)16(21)23-8-12-4-6-19-7-5-13(14(12)19)25-15(10)20/h4,11,13-14,22H,1,5-9H2,2-3H3/t11-,13+,14+,17+,18-/m0/s1. The van der Waals surface area contributed by atoms with Crippen LogP contribution in [0, 0.1) is 5.92 Å². The largest absolute Gasteiger partial charge is 0.459 e. The first-order valence-corrected chi connectivity index (χ1v) is 8.64. The molecule has 3 fully saturated rings. The number of hydrogen-bond acceptors (Lipinski definition) is 7. The summed E-state index contributed by atoms with van der Waals surface area (Å²) in [4.78, 5) is 27.4. The molecule has 0 unspecified atom stereocenters. The average Bonchev–Trinajstić information content (AvgIpc) is 3.17. The molecule has 0 aliphatic carbocycles. The lowest BCUT2D eigenvalue weighted by Gasteiger charge is -2.34. The van der Waals surface area contributed by atoms with E-state index in [4.69, 9.17) is 14.2 Å². The molecule has 136 valence electrons. The molecule has 4 aliphatic rings. The van der Waals surface area contributed by atoms with Gasteiger partial charge >= 0.3 is 11.9 Å². The van der Waals surface area contributed by atoms with Crippen molar-refractivity contribution in [3.05, 3.63) is 23.8 Å². The number of esters is 2. The fourth-order valence-corrected chi connectivity index (χ4v) is 4.29. The molecular formula is C18H23NO6. The topological polar surface area (TPSA) is 88.6 Å². The number of ether oxygens (including phenoxy) is 3. The second-order valence-electron chi connectivity index (χ2n) is 7.52. The summed E-state index contributed by atoms with van der Waals surface area (Å²) in [6.45, 7) is 8.74. The monoisotopic (exact) mass is 349 g/mol. The van der Waals surface area contributed by atoms with Crippen molar-refractivity contribution in [1.82, 2.24) is 4.90 Å². The number of hydrogen-bond donors (Lipinski definition) is 1. The van der Waals surface area contributed by atoms with Crippen LogP contribution < -0.4 is 0 Å². The zero-order chi connectivity index (χ0) is 18.0. The fourth-order valence-electron chi connectivity index (χ4n) is 4.29. The van der Waals surface area contributed by atoms with E-state index in [2.05, 4.69) is 11.5 Å². The Labute approximate surface area is 146 Å². The van der Waals surface area contributed by atoms with E-state index >= 15 is 0 Å². The minimum absolute atomic E-state index is 0.0737. The van der Waals surface area contributed by atoms with Crippen molar-refractivity contribution < 1.29 is 28.9 Å². The molecule has 5 atom stereocenters. The molecule has 3 saturated heterocycles. The molecule has 0 saturated carbocycles. The Morgan fingerprint density at radius 1 is 1.40 bits per heavy atom. The van der Waals surface area contributed by atoms with E-state index in [0.29, 0.717) is 0 Å². The minimum atomic E-state index is -1.87. The Kier molecular flexibility index (Phi) is 3.62. The fraction of sp³-hybridized carbons (Fsp3) is 0.667. The van der Waals surface area contributed by atoms with Crippen LogP contribution in [-0.4, -0.2) is 71.6 Å². The Morgan fingerprint density at radius 2 is 2.12 bits per heavy atom. The summed E-state index contributed by atoms with van der Waals surface area (Å²) in [5.74, 6) is -1.81. The summed E-state index contributed by atoms with van der Waals surface area (Å²) in [7, 11) is 0. The van der Waals surface area contributed by atoms with Crippen LogP contribution in [0.5, 0.6) is 0 Å². The Balaban J connectivity index is 1.69. The highest BCUT2D eigenvalue weighted by atomic mass is 16.6. The molecule has 0 radical (unpaired) electrons. The van der Waals surface area contributed by atoms with Crippen LogP contribution >= 0.6 is 0 Å². The quantitative estimate of drug-likeness (QED) is 0.289. The van der Waals surface area contributed by atoms with Gasteiger partial charge in [0.25, 0.3) is 0 Å². The maximum atomic E-state index is 12.6. The molecule has 0 bridgehead atoms. The van der Waals surface area contributed by atoms with E-state index in [-0.39, 0.29) is 30.9 Å². The first kappa shape index (κ1) is 16.8. The molecule has 0 aromatic carbocycles. The van der Waals surface area contributed by atoms with Crippen LogP contribution in [0.2, 0.25) is 0 Å². The third kappa shape index (κ3) is 2.29. The predicted octanol–water partition coefficient (Wildman–Crippen LogP) is 0.182. The lowest BCUT2D eigenvalue weighted by molar-refractivity contribution is -0.173. The summed E-state index contributed by atoms with van der Waals surface area (Å²) >= 11 is 0. The molecule has 4 aliphatic heterocycles. The van der Waals surface area contributed by atoms with Crippen LogP contribution in [0.4, 0.5) is 0 Å². The van der Waals surface area contributed by atoms with Gasteiger partial charge in [-0.15, -0.1) is 0 Å². The van der Waals surface area contributed by atoms with E-state index in [1.54, 1.807) is 6.92 Å². The molecule has 1 spiro atoms. The van der Waals surface area contributed by atoms with Gasteiger partial charge in [-0.25, -0.2) is 9.59 Å². The molecule has 7 heteroatoms. The normalized spacial score (nSPS) is 44.5. The maximum absolute atomic E-state index is 12.6. The van der Waals surface area contributed by atoms with Gasteiger partial charge in [-0.1, -0.05) is 19.6 Å². The van der Waals surface area contributed by atoms with Gasteiger partial charge in [0.15, 0.2) is 5.60 Å². The summed E-state index contributed by atoms with van der Waals surface area (Å²) < 4.78 is 16.6. The second kappa shape index (κ2) is 5.40. The second-order valence-corrected chi connectivity index (χ2v) is 7.52. The minimum Gasteiger partial charge on any atom is -0.459 e. The highest BCUT2D eigenvalue weighted by Gasteiger charge is 2.67. The zero-order valence-electron chi connectivity index (χ0n) is 14.5. The van der Waals surface area contributed by atoms with Gasteiger partial charge in [-0.2, -0.15) is 0 Å². The van der Waals surface area contributed by atoms with Gasteiger partial charge in [0.05, 0.1) is 12.6 Å². The van der Waals surface area contributed by atoms with Crippen molar-refractivity contribution in [2.45, 2.75) is 43.6 Å². The molecule has 7 nitrogen and oxygen atoms in total.